The molecule has 110 valence electrons. The first-order valence-corrected chi connectivity index (χ1v) is 7.28. The smallest absolute Gasteiger partial charge is 0.338 e. The SMILES string of the molecule is CCC1CCC(OC(=O)c2ccc(N)c(OC)c2)CC1. The molecule has 4 nitrogen and oxygen atoms in total. The van der Waals surface area contributed by atoms with E-state index in [1.807, 2.05) is 0 Å². The highest BCUT2D eigenvalue weighted by atomic mass is 16.5. The minimum atomic E-state index is -0.289. The van der Waals surface area contributed by atoms with Crippen molar-refractivity contribution in [1.82, 2.24) is 0 Å². The predicted octanol–water partition coefficient (Wildman–Crippen LogP) is 3.40. The molecule has 2 rings (SSSR count). The third-order valence-corrected chi connectivity index (χ3v) is 4.11. The van der Waals surface area contributed by atoms with Crippen LogP contribution in [0, 0.1) is 5.92 Å². The number of anilines is 1. The molecule has 4 heteroatoms. The van der Waals surface area contributed by atoms with E-state index in [0.717, 1.165) is 31.6 Å². The van der Waals surface area contributed by atoms with Crippen LogP contribution in [0.1, 0.15) is 49.4 Å². The average molecular weight is 277 g/mol. The van der Waals surface area contributed by atoms with Crippen molar-refractivity contribution in [3.05, 3.63) is 23.8 Å². The maximum Gasteiger partial charge on any atom is 0.338 e. The highest BCUT2D eigenvalue weighted by molar-refractivity contribution is 5.90. The molecule has 1 saturated carbocycles. The normalized spacial score (nSPS) is 22.3. The second kappa shape index (κ2) is 6.64. The van der Waals surface area contributed by atoms with Crippen LogP contribution < -0.4 is 10.5 Å². The van der Waals surface area contributed by atoms with E-state index >= 15 is 0 Å². The van der Waals surface area contributed by atoms with Crippen molar-refractivity contribution in [3.8, 4) is 5.75 Å². The molecule has 20 heavy (non-hydrogen) atoms. The third-order valence-electron chi connectivity index (χ3n) is 4.11. The number of hydrogen-bond donors (Lipinski definition) is 1. The Morgan fingerprint density at radius 2 is 2.00 bits per heavy atom. The van der Waals surface area contributed by atoms with E-state index in [2.05, 4.69) is 6.92 Å². The minimum Gasteiger partial charge on any atom is -0.495 e. The Hall–Kier alpha value is -1.71. The molecule has 0 heterocycles. The van der Waals surface area contributed by atoms with Gasteiger partial charge in [0.15, 0.2) is 0 Å². The summed E-state index contributed by atoms with van der Waals surface area (Å²) in [6, 6.07) is 4.98. The lowest BCUT2D eigenvalue weighted by Crippen LogP contribution is -2.24. The number of carbonyl (C=O) groups excluding carboxylic acids is 1. The lowest BCUT2D eigenvalue weighted by Gasteiger charge is -2.27. The molecular formula is C16H23NO3. The Balaban J connectivity index is 1.95. The van der Waals surface area contributed by atoms with E-state index in [0.29, 0.717) is 17.0 Å². The van der Waals surface area contributed by atoms with Gasteiger partial charge in [-0.2, -0.15) is 0 Å². The molecule has 0 aliphatic heterocycles. The number of nitrogens with two attached hydrogens (primary N) is 1. The minimum absolute atomic E-state index is 0.0499. The Kier molecular flexibility index (Phi) is 4.88. The second-order valence-electron chi connectivity index (χ2n) is 5.41. The molecule has 1 aromatic rings. The van der Waals surface area contributed by atoms with Crippen LogP contribution in [0.15, 0.2) is 18.2 Å². The van der Waals surface area contributed by atoms with E-state index in [-0.39, 0.29) is 12.1 Å². The largest absolute Gasteiger partial charge is 0.495 e. The summed E-state index contributed by atoms with van der Waals surface area (Å²) >= 11 is 0. The van der Waals surface area contributed by atoms with Crippen LogP contribution in [0.4, 0.5) is 5.69 Å². The van der Waals surface area contributed by atoms with Gasteiger partial charge in [-0.25, -0.2) is 4.79 Å². The van der Waals surface area contributed by atoms with Crippen molar-refractivity contribution in [1.29, 1.82) is 0 Å². The van der Waals surface area contributed by atoms with Gasteiger partial charge in [0.25, 0.3) is 0 Å². The van der Waals surface area contributed by atoms with Crippen LogP contribution in [0.2, 0.25) is 0 Å². The molecular weight excluding hydrogens is 254 g/mol. The number of esters is 1. The summed E-state index contributed by atoms with van der Waals surface area (Å²) in [4.78, 5) is 12.1. The average Bonchev–Trinajstić information content (AvgIpc) is 2.48. The van der Waals surface area contributed by atoms with Gasteiger partial charge in [-0.3, -0.25) is 0 Å². The van der Waals surface area contributed by atoms with Crippen LogP contribution in [0.3, 0.4) is 0 Å². The van der Waals surface area contributed by atoms with Crippen molar-refractivity contribution in [3.63, 3.8) is 0 Å². The highest BCUT2D eigenvalue weighted by Gasteiger charge is 2.23. The quantitative estimate of drug-likeness (QED) is 0.676. The summed E-state index contributed by atoms with van der Waals surface area (Å²) in [6.07, 6.45) is 5.51. The standard InChI is InChI=1S/C16H23NO3/c1-3-11-4-7-13(8-5-11)20-16(18)12-6-9-14(17)15(10-12)19-2/h6,9-11,13H,3-5,7-8,17H2,1-2H3. The van der Waals surface area contributed by atoms with Gasteiger partial charge in [0.2, 0.25) is 0 Å². The van der Waals surface area contributed by atoms with Crippen molar-refractivity contribution in [2.75, 3.05) is 12.8 Å². The van der Waals surface area contributed by atoms with E-state index in [1.165, 1.54) is 13.5 Å². The zero-order chi connectivity index (χ0) is 14.5. The maximum atomic E-state index is 12.1. The zero-order valence-corrected chi connectivity index (χ0v) is 12.2. The molecule has 1 aliphatic carbocycles. The van der Waals surface area contributed by atoms with Crippen LogP contribution in [0.25, 0.3) is 0 Å². The first-order chi connectivity index (χ1) is 9.63. The number of nitrogen functional groups attached to an aromatic ring is 1. The summed E-state index contributed by atoms with van der Waals surface area (Å²) in [7, 11) is 1.53. The van der Waals surface area contributed by atoms with E-state index in [9.17, 15) is 4.79 Å². The Morgan fingerprint density at radius 3 is 2.60 bits per heavy atom. The summed E-state index contributed by atoms with van der Waals surface area (Å²) in [5, 5.41) is 0. The van der Waals surface area contributed by atoms with Gasteiger partial charge >= 0.3 is 5.97 Å². The number of carbonyl (C=O) groups is 1. The second-order valence-corrected chi connectivity index (χ2v) is 5.41. The number of methoxy groups -OCH3 is 1. The van der Waals surface area contributed by atoms with Crippen LogP contribution in [-0.2, 0) is 4.74 Å². The molecule has 0 amide bonds. The van der Waals surface area contributed by atoms with Gasteiger partial charge in [-0.1, -0.05) is 13.3 Å². The molecule has 0 unspecified atom stereocenters. The molecule has 0 radical (unpaired) electrons. The van der Waals surface area contributed by atoms with Gasteiger partial charge < -0.3 is 15.2 Å². The van der Waals surface area contributed by atoms with Crippen molar-refractivity contribution in [2.45, 2.75) is 45.1 Å². The lowest BCUT2D eigenvalue weighted by atomic mass is 9.86. The lowest BCUT2D eigenvalue weighted by molar-refractivity contribution is 0.0164. The predicted molar refractivity (Wildman–Crippen MR) is 78.9 cm³/mol. The van der Waals surface area contributed by atoms with Gasteiger partial charge in [0.05, 0.1) is 18.4 Å². The first kappa shape index (κ1) is 14.7. The van der Waals surface area contributed by atoms with E-state index < -0.39 is 0 Å². The van der Waals surface area contributed by atoms with Crippen LogP contribution in [0.5, 0.6) is 5.75 Å². The fraction of sp³-hybridized carbons (Fsp3) is 0.562. The molecule has 0 saturated heterocycles. The topological polar surface area (TPSA) is 61.5 Å². The molecule has 1 fully saturated rings. The van der Waals surface area contributed by atoms with Crippen molar-refractivity contribution >= 4 is 11.7 Å². The van der Waals surface area contributed by atoms with Crippen LogP contribution >= 0.6 is 0 Å². The third kappa shape index (κ3) is 3.44. The number of ether oxygens (including phenoxy) is 2. The molecule has 0 atom stereocenters. The van der Waals surface area contributed by atoms with Gasteiger partial charge in [0.1, 0.15) is 11.9 Å². The molecule has 0 bridgehead atoms. The Morgan fingerprint density at radius 1 is 1.30 bits per heavy atom. The molecule has 1 aromatic carbocycles. The number of rotatable bonds is 4. The zero-order valence-electron chi connectivity index (χ0n) is 12.2. The Bertz CT molecular complexity index is 465. The summed E-state index contributed by atoms with van der Waals surface area (Å²) in [6.45, 7) is 2.22. The summed E-state index contributed by atoms with van der Waals surface area (Å²) in [5.41, 5.74) is 6.75. The van der Waals surface area contributed by atoms with Crippen LogP contribution in [-0.4, -0.2) is 19.2 Å². The van der Waals surface area contributed by atoms with Gasteiger partial charge in [-0.15, -0.1) is 0 Å². The highest BCUT2D eigenvalue weighted by Crippen LogP contribution is 2.29. The summed E-state index contributed by atoms with van der Waals surface area (Å²) < 4.78 is 10.7. The fourth-order valence-corrected chi connectivity index (χ4v) is 2.72. The van der Waals surface area contributed by atoms with Crippen molar-refractivity contribution < 1.29 is 14.3 Å². The number of benzene rings is 1. The van der Waals surface area contributed by atoms with Gasteiger partial charge in [-0.05, 0) is 49.8 Å². The van der Waals surface area contributed by atoms with E-state index in [4.69, 9.17) is 15.2 Å². The molecule has 0 spiro atoms. The maximum absolute atomic E-state index is 12.1. The van der Waals surface area contributed by atoms with Crippen molar-refractivity contribution in [2.24, 2.45) is 5.92 Å². The molecule has 0 aromatic heterocycles. The van der Waals surface area contributed by atoms with Gasteiger partial charge in [0, 0.05) is 0 Å². The molecule has 1 aliphatic rings. The Labute approximate surface area is 120 Å². The molecule has 2 N–H and O–H groups in total. The monoisotopic (exact) mass is 277 g/mol. The number of hydrogen-bond acceptors (Lipinski definition) is 4. The fourth-order valence-electron chi connectivity index (χ4n) is 2.72. The summed E-state index contributed by atoms with van der Waals surface area (Å²) in [5.74, 6) is 1.01. The van der Waals surface area contributed by atoms with E-state index in [1.54, 1.807) is 18.2 Å². The first-order valence-electron chi connectivity index (χ1n) is 7.28.